The number of nitriles is 1. The summed E-state index contributed by atoms with van der Waals surface area (Å²) in [5.74, 6) is -0.145. The number of ether oxygens (including phenoxy) is 1. The van der Waals surface area contributed by atoms with Gasteiger partial charge in [-0.15, -0.1) is 11.3 Å². The van der Waals surface area contributed by atoms with Crippen LogP contribution in [0.1, 0.15) is 16.9 Å². The predicted octanol–water partition coefficient (Wildman–Crippen LogP) is 3.21. The van der Waals surface area contributed by atoms with Crippen LogP contribution in [-0.2, 0) is 16.0 Å². The van der Waals surface area contributed by atoms with Crippen molar-refractivity contribution in [3.63, 3.8) is 0 Å². The number of nitrogens with zero attached hydrogens (tertiary/aromatic N) is 1. The average Bonchev–Trinajstić information content (AvgIpc) is 3.01. The Bertz CT molecular complexity index is 617. The van der Waals surface area contributed by atoms with E-state index in [4.69, 9.17) is 10.00 Å². The van der Waals surface area contributed by atoms with Crippen LogP contribution in [-0.4, -0.2) is 19.1 Å². The average molecular weight is 300 g/mol. The molecule has 1 heterocycles. The van der Waals surface area contributed by atoms with Gasteiger partial charge in [0.05, 0.1) is 30.9 Å². The second kappa shape index (κ2) is 8.20. The highest BCUT2D eigenvalue weighted by Gasteiger charge is 2.06. The van der Waals surface area contributed by atoms with Crippen LogP contribution in [0.4, 0.5) is 5.69 Å². The fraction of sp³-hybridized carbons (Fsp3) is 0.250. The summed E-state index contributed by atoms with van der Waals surface area (Å²) in [6.07, 6.45) is 1.15. The quantitative estimate of drug-likeness (QED) is 0.799. The molecule has 0 saturated carbocycles. The first kappa shape index (κ1) is 15.2. The highest BCUT2D eigenvalue weighted by Crippen LogP contribution is 2.13. The second-order valence-corrected chi connectivity index (χ2v) is 5.43. The molecule has 0 radical (unpaired) electrons. The van der Waals surface area contributed by atoms with Crippen LogP contribution in [0.2, 0.25) is 0 Å². The number of hydrogen-bond acceptors (Lipinski definition) is 4. The molecule has 2 aromatic rings. The number of anilines is 1. The maximum atomic E-state index is 11.8. The Morgan fingerprint density at radius 1 is 1.24 bits per heavy atom. The normalized spacial score (nSPS) is 10.0. The first-order valence-corrected chi connectivity index (χ1v) is 7.56. The molecule has 0 fully saturated rings. The molecule has 108 valence electrons. The number of carbonyl (C=O) groups is 1. The molecule has 0 bridgehead atoms. The zero-order valence-corrected chi connectivity index (χ0v) is 12.4. The molecule has 0 aliphatic heterocycles. The van der Waals surface area contributed by atoms with E-state index in [1.54, 1.807) is 35.6 Å². The maximum Gasteiger partial charge on any atom is 0.226 e. The summed E-state index contributed by atoms with van der Waals surface area (Å²) in [5.41, 5.74) is 1.01. The van der Waals surface area contributed by atoms with Crippen molar-refractivity contribution >= 4 is 22.9 Å². The third-order valence-electron chi connectivity index (χ3n) is 2.87. The minimum Gasteiger partial charge on any atom is -0.381 e. The van der Waals surface area contributed by atoms with E-state index in [-0.39, 0.29) is 12.3 Å². The third-order valence-corrected chi connectivity index (χ3v) is 3.80. The summed E-state index contributed by atoms with van der Waals surface area (Å²) in [5, 5.41) is 13.7. The van der Waals surface area contributed by atoms with Crippen LogP contribution in [0.5, 0.6) is 0 Å². The summed E-state index contributed by atoms with van der Waals surface area (Å²) < 4.78 is 5.45. The van der Waals surface area contributed by atoms with E-state index >= 15 is 0 Å². The van der Waals surface area contributed by atoms with E-state index in [1.807, 2.05) is 17.5 Å². The van der Waals surface area contributed by atoms with Crippen molar-refractivity contribution < 1.29 is 9.53 Å². The van der Waals surface area contributed by atoms with Crippen LogP contribution >= 0.6 is 11.3 Å². The lowest BCUT2D eigenvalue weighted by Gasteiger charge is -2.07. The number of amides is 1. The van der Waals surface area contributed by atoms with E-state index in [0.29, 0.717) is 24.5 Å². The number of rotatable bonds is 7. The SMILES string of the molecule is N#Cc1ccccc1NC(=O)CCOCCc1cccs1. The van der Waals surface area contributed by atoms with Crippen LogP contribution in [0.15, 0.2) is 41.8 Å². The molecule has 0 unspecified atom stereocenters. The predicted molar refractivity (Wildman–Crippen MR) is 83.2 cm³/mol. The van der Waals surface area contributed by atoms with Gasteiger partial charge in [0.25, 0.3) is 0 Å². The monoisotopic (exact) mass is 300 g/mol. The Balaban J connectivity index is 1.67. The molecule has 0 saturated heterocycles. The number of thiophene rings is 1. The molecular formula is C16H16N2O2S. The number of nitrogens with one attached hydrogen (secondary N) is 1. The van der Waals surface area contributed by atoms with Crippen LogP contribution in [0, 0.1) is 11.3 Å². The van der Waals surface area contributed by atoms with Crippen molar-refractivity contribution in [2.24, 2.45) is 0 Å². The number of hydrogen-bond donors (Lipinski definition) is 1. The van der Waals surface area contributed by atoms with Gasteiger partial charge in [-0.1, -0.05) is 18.2 Å². The van der Waals surface area contributed by atoms with Gasteiger partial charge in [0, 0.05) is 11.3 Å². The van der Waals surface area contributed by atoms with Gasteiger partial charge < -0.3 is 10.1 Å². The zero-order chi connectivity index (χ0) is 14.9. The second-order valence-electron chi connectivity index (χ2n) is 4.40. The molecule has 1 aromatic carbocycles. The van der Waals surface area contributed by atoms with E-state index in [0.717, 1.165) is 6.42 Å². The lowest BCUT2D eigenvalue weighted by Crippen LogP contribution is -2.15. The largest absolute Gasteiger partial charge is 0.381 e. The van der Waals surface area contributed by atoms with Crippen molar-refractivity contribution in [2.75, 3.05) is 18.5 Å². The first-order valence-electron chi connectivity index (χ1n) is 6.68. The smallest absolute Gasteiger partial charge is 0.226 e. The Morgan fingerprint density at radius 2 is 2.10 bits per heavy atom. The van der Waals surface area contributed by atoms with Gasteiger partial charge in [0.1, 0.15) is 6.07 Å². The highest BCUT2D eigenvalue weighted by atomic mass is 32.1. The van der Waals surface area contributed by atoms with Crippen molar-refractivity contribution in [2.45, 2.75) is 12.8 Å². The van der Waals surface area contributed by atoms with E-state index in [1.165, 1.54) is 4.88 Å². The molecule has 2 rings (SSSR count). The van der Waals surface area contributed by atoms with Crippen molar-refractivity contribution in [3.8, 4) is 6.07 Å². The summed E-state index contributed by atoms with van der Waals surface area (Å²) in [6, 6.07) is 13.1. The van der Waals surface area contributed by atoms with Crippen molar-refractivity contribution in [1.29, 1.82) is 5.26 Å². The van der Waals surface area contributed by atoms with Crippen LogP contribution < -0.4 is 5.32 Å². The first-order chi connectivity index (χ1) is 10.3. The summed E-state index contributed by atoms with van der Waals surface area (Å²) >= 11 is 1.70. The topological polar surface area (TPSA) is 62.1 Å². The van der Waals surface area contributed by atoms with E-state index in [9.17, 15) is 4.79 Å². The number of para-hydroxylation sites is 1. The Labute approximate surface area is 128 Å². The van der Waals surface area contributed by atoms with Gasteiger partial charge in [-0.3, -0.25) is 4.79 Å². The molecule has 1 aromatic heterocycles. The Hall–Kier alpha value is -2.16. The van der Waals surface area contributed by atoms with Crippen LogP contribution in [0.3, 0.4) is 0 Å². The zero-order valence-electron chi connectivity index (χ0n) is 11.5. The summed E-state index contributed by atoms with van der Waals surface area (Å²) in [4.78, 5) is 13.1. The molecule has 4 nitrogen and oxygen atoms in total. The summed E-state index contributed by atoms with van der Waals surface area (Å²) in [7, 11) is 0. The fourth-order valence-electron chi connectivity index (χ4n) is 1.80. The molecule has 0 aliphatic carbocycles. The lowest BCUT2D eigenvalue weighted by molar-refractivity contribution is -0.117. The molecule has 1 amide bonds. The fourth-order valence-corrected chi connectivity index (χ4v) is 2.49. The summed E-state index contributed by atoms with van der Waals surface area (Å²) in [6.45, 7) is 0.995. The molecular weight excluding hydrogens is 284 g/mol. The van der Waals surface area contributed by atoms with Gasteiger partial charge in [-0.05, 0) is 23.6 Å². The van der Waals surface area contributed by atoms with Gasteiger partial charge in [0.2, 0.25) is 5.91 Å². The van der Waals surface area contributed by atoms with Crippen molar-refractivity contribution in [1.82, 2.24) is 0 Å². The Morgan fingerprint density at radius 3 is 2.86 bits per heavy atom. The molecule has 0 spiro atoms. The van der Waals surface area contributed by atoms with Crippen LogP contribution in [0.25, 0.3) is 0 Å². The maximum absolute atomic E-state index is 11.8. The molecule has 0 atom stereocenters. The number of carbonyl (C=O) groups excluding carboxylic acids is 1. The molecule has 21 heavy (non-hydrogen) atoms. The standard InChI is InChI=1S/C16H16N2O2S/c17-12-13-4-1-2-6-15(13)18-16(19)8-10-20-9-7-14-5-3-11-21-14/h1-6,11H,7-10H2,(H,18,19). The minimum absolute atomic E-state index is 0.145. The third kappa shape index (κ3) is 5.03. The van der Waals surface area contributed by atoms with Gasteiger partial charge in [-0.25, -0.2) is 0 Å². The van der Waals surface area contributed by atoms with Gasteiger partial charge >= 0.3 is 0 Å². The van der Waals surface area contributed by atoms with E-state index in [2.05, 4.69) is 11.4 Å². The lowest BCUT2D eigenvalue weighted by atomic mass is 10.2. The van der Waals surface area contributed by atoms with Crippen molar-refractivity contribution in [3.05, 3.63) is 52.2 Å². The molecule has 5 heteroatoms. The highest BCUT2D eigenvalue weighted by molar-refractivity contribution is 7.09. The van der Waals surface area contributed by atoms with Gasteiger partial charge in [0.15, 0.2) is 0 Å². The van der Waals surface area contributed by atoms with E-state index < -0.39 is 0 Å². The number of benzene rings is 1. The minimum atomic E-state index is -0.145. The molecule has 1 N–H and O–H groups in total. The molecule has 0 aliphatic rings. The van der Waals surface area contributed by atoms with Gasteiger partial charge in [-0.2, -0.15) is 5.26 Å². The Kier molecular flexibility index (Phi) is 5.95.